The number of carbonyl (C=O) groups is 1. The van der Waals surface area contributed by atoms with Gasteiger partial charge in [0.05, 0.1) is 36.8 Å². The lowest BCUT2D eigenvalue weighted by Gasteiger charge is -2.35. The molecule has 0 spiro atoms. The Morgan fingerprint density at radius 2 is 1.88 bits per heavy atom. The van der Waals surface area contributed by atoms with Crippen molar-refractivity contribution in [2.75, 3.05) is 67.5 Å². The van der Waals surface area contributed by atoms with Gasteiger partial charge in [-0.05, 0) is 31.3 Å². The van der Waals surface area contributed by atoms with Crippen LogP contribution in [0.2, 0.25) is 0 Å². The minimum absolute atomic E-state index is 0.0723. The first-order valence-corrected chi connectivity index (χ1v) is 12.9. The van der Waals surface area contributed by atoms with Crippen LogP contribution in [0.15, 0.2) is 55.4 Å². The molecule has 0 saturated carbocycles. The highest BCUT2D eigenvalue weighted by atomic mass is 19.1. The number of nitrogens with zero attached hydrogens (tertiary/aromatic N) is 5. The zero-order chi connectivity index (χ0) is 28.2. The third-order valence-electron chi connectivity index (χ3n) is 6.98. The van der Waals surface area contributed by atoms with Crippen LogP contribution in [0.1, 0.15) is 18.0 Å². The molecule has 2 N–H and O–H groups in total. The Labute approximate surface area is 231 Å². The van der Waals surface area contributed by atoms with E-state index in [0.717, 1.165) is 31.9 Å². The van der Waals surface area contributed by atoms with Crippen molar-refractivity contribution in [3.05, 3.63) is 72.6 Å². The van der Waals surface area contributed by atoms with Gasteiger partial charge in [-0.25, -0.2) is 23.8 Å². The molecule has 2 fully saturated rings. The second kappa shape index (κ2) is 11.8. The van der Waals surface area contributed by atoms with Gasteiger partial charge in [0.25, 0.3) is 0 Å². The number of aromatic nitrogens is 2. The minimum atomic E-state index is -0.693. The molecule has 1 aromatic heterocycles. The fourth-order valence-electron chi connectivity index (χ4n) is 4.89. The van der Waals surface area contributed by atoms with E-state index in [4.69, 9.17) is 9.57 Å². The standard InChI is InChI=1S/C28H31F2N7O3/c1-4-27(38)34-20-14-21(24(39-3)15-23(20)36-11-9-35(2)10-12-36)33-25-16-26(32-17-31-25)37-22(8-13-40-37)28-18(29)6-5-7-19(28)30/h4-7,14-17,22H,1,8-13H2,2-3H3,(H,34,38)(H,31,32,33). The van der Waals surface area contributed by atoms with Crippen LogP contribution >= 0.6 is 0 Å². The van der Waals surface area contributed by atoms with Gasteiger partial charge in [-0.3, -0.25) is 9.63 Å². The average molecular weight is 552 g/mol. The normalized spacial score (nSPS) is 17.6. The molecule has 210 valence electrons. The lowest BCUT2D eigenvalue weighted by molar-refractivity contribution is -0.111. The first-order chi connectivity index (χ1) is 19.4. The van der Waals surface area contributed by atoms with E-state index in [-0.39, 0.29) is 18.1 Å². The maximum Gasteiger partial charge on any atom is 0.247 e. The number of hydroxylamine groups is 1. The Bertz CT molecular complexity index is 1380. The summed E-state index contributed by atoms with van der Waals surface area (Å²) in [7, 11) is 3.64. The van der Waals surface area contributed by atoms with E-state index < -0.39 is 17.7 Å². The largest absolute Gasteiger partial charge is 0.494 e. The number of anilines is 5. The number of piperazine rings is 1. The number of nitrogens with one attached hydrogen (secondary N) is 2. The second-order valence-electron chi connectivity index (χ2n) is 9.54. The molecule has 2 saturated heterocycles. The molecule has 12 heteroatoms. The van der Waals surface area contributed by atoms with E-state index in [9.17, 15) is 13.6 Å². The monoisotopic (exact) mass is 551 g/mol. The zero-order valence-electron chi connectivity index (χ0n) is 22.4. The summed E-state index contributed by atoms with van der Waals surface area (Å²) in [6, 6.07) is 8.35. The van der Waals surface area contributed by atoms with Gasteiger partial charge < -0.3 is 25.2 Å². The molecule has 0 radical (unpaired) electrons. The van der Waals surface area contributed by atoms with Crippen LogP contribution in [-0.2, 0) is 9.63 Å². The van der Waals surface area contributed by atoms with Crippen LogP contribution in [0.3, 0.4) is 0 Å². The van der Waals surface area contributed by atoms with Crippen molar-refractivity contribution in [1.82, 2.24) is 14.9 Å². The number of amides is 1. The van der Waals surface area contributed by atoms with E-state index in [0.29, 0.717) is 35.2 Å². The highest BCUT2D eigenvalue weighted by molar-refractivity contribution is 6.02. The van der Waals surface area contributed by atoms with E-state index >= 15 is 0 Å². The summed E-state index contributed by atoms with van der Waals surface area (Å²) in [5.41, 5.74) is 1.89. The van der Waals surface area contributed by atoms with E-state index in [1.54, 1.807) is 19.2 Å². The SMILES string of the molecule is C=CC(=O)Nc1cc(Nc2cc(N3OCCC3c3c(F)cccc3F)ncn2)c(OC)cc1N1CCN(C)CC1. The smallest absolute Gasteiger partial charge is 0.247 e. The number of ether oxygens (including phenoxy) is 1. The summed E-state index contributed by atoms with van der Waals surface area (Å²) >= 11 is 0. The lowest BCUT2D eigenvalue weighted by Crippen LogP contribution is -2.44. The third-order valence-corrected chi connectivity index (χ3v) is 6.98. The Morgan fingerprint density at radius 3 is 2.58 bits per heavy atom. The van der Waals surface area contributed by atoms with Crippen molar-refractivity contribution < 1.29 is 23.1 Å². The molecule has 2 aromatic carbocycles. The van der Waals surface area contributed by atoms with Crippen molar-refractivity contribution in [1.29, 1.82) is 0 Å². The fraction of sp³-hybridized carbons (Fsp3) is 0.321. The van der Waals surface area contributed by atoms with Gasteiger partial charge in [-0.1, -0.05) is 12.6 Å². The highest BCUT2D eigenvalue weighted by Gasteiger charge is 2.33. The third kappa shape index (κ3) is 5.68. The van der Waals surface area contributed by atoms with Crippen LogP contribution in [0.5, 0.6) is 5.75 Å². The van der Waals surface area contributed by atoms with Gasteiger partial charge >= 0.3 is 0 Å². The molecule has 40 heavy (non-hydrogen) atoms. The molecule has 10 nitrogen and oxygen atoms in total. The number of hydrogen-bond donors (Lipinski definition) is 2. The van der Waals surface area contributed by atoms with Crippen molar-refractivity contribution in [2.45, 2.75) is 12.5 Å². The van der Waals surface area contributed by atoms with Crippen LogP contribution < -0.4 is 25.3 Å². The summed E-state index contributed by atoms with van der Waals surface area (Å²) in [5.74, 6) is -0.377. The number of carbonyl (C=O) groups excluding carboxylic acids is 1. The average Bonchev–Trinajstić information content (AvgIpc) is 3.43. The summed E-state index contributed by atoms with van der Waals surface area (Å²) in [4.78, 5) is 31.0. The first-order valence-electron chi connectivity index (χ1n) is 12.9. The molecule has 1 unspecified atom stereocenters. The Kier molecular flexibility index (Phi) is 8.08. The topological polar surface area (TPSA) is 95.1 Å². The van der Waals surface area contributed by atoms with Crippen molar-refractivity contribution >= 4 is 34.6 Å². The molecule has 2 aliphatic rings. The van der Waals surface area contributed by atoms with Crippen molar-refractivity contribution in [3.8, 4) is 5.75 Å². The Balaban J connectivity index is 1.45. The molecule has 3 heterocycles. The predicted molar refractivity (Wildman–Crippen MR) is 149 cm³/mol. The maximum absolute atomic E-state index is 14.6. The highest BCUT2D eigenvalue weighted by Crippen LogP contribution is 2.40. The summed E-state index contributed by atoms with van der Waals surface area (Å²) in [6.07, 6.45) is 2.94. The maximum atomic E-state index is 14.6. The molecular formula is C28H31F2N7O3. The molecule has 5 rings (SSSR count). The minimum Gasteiger partial charge on any atom is -0.494 e. The molecule has 1 amide bonds. The summed E-state index contributed by atoms with van der Waals surface area (Å²) in [6.45, 7) is 7.20. The van der Waals surface area contributed by atoms with Gasteiger partial charge in [-0.15, -0.1) is 0 Å². The molecule has 2 aliphatic heterocycles. The predicted octanol–water partition coefficient (Wildman–Crippen LogP) is 4.27. The lowest BCUT2D eigenvalue weighted by atomic mass is 10.0. The number of benzene rings is 2. The Hall–Kier alpha value is -4.29. The number of rotatable bonds is 8. The van der Waals surface area contributed by atoms with Crippen LogP contribution in [0.4, 0.5) is 37.5 Å². The van der Waals surface area contributed by atoms with Crippen molar-refractivity contribution in [2.24, 2.45) is 0 Å². The molecule has 3 aromatic rings. The molecule has 0 bridgehead atoms. The van der Waals surface area contributed by atoms with Gasteiger partial charge in [0.15, 0.2) is 5.82 Å². The van der Waals surface area contributed by atoms with E-state index in [1.807, 2.05) is 6.07 Å². The van der Waals surface area contributed by atoms with Gasteiger partial charge in [0.1, 0.15) is 29.5 Å². The summed E-state index contributed by atoms with van der Waals surface area (Å²) in [5, 5.41) is 7.52. The van der Waals surface area contributed by atoms with Crippen LogP contribution in [-0.4, -0.2) is 67.7 Å². The van der Waals surface area contributed by atoms with Gasteiger partial charge in [0.2, 0.25) is 5.91 Å². The first kappa shape index (κ1) is 27.3. The quantitative estimate of drug-likeness (QED) is 0.398. The summed E-state index contributed by atoms with van der Waals surface area (Å²) < 4.78 is 34.8. The number of halogens is 2. The van der Waals surface area contributed by atoms with Crippen molar-refractivity contribution in [3.63, 3.8) is 0 Å². The van der Waals surface area contributed by atoms with E-state index in [1.165, 1.54) is 35.7 Å². The van der Waals surface area contributed by atoms with Gasteiger partial charge in [-0.2, -0.15) is 0 Å². The second-order valence-corrected chi connectivity index (χ2v) is 9.54. The number of methoxy groups -OCH3 is 1. The van der Waals surface area contributed by atoms with E-state index in [2.05, 4.69) is 44.0 Å². The Morgan fingerprint density at radius 1 is 1.12 bits per heavy atom. The zero-order valence-corrected chi connectivity index (χ0v) is 22.4. The molecule has 1 atom stereocenters. The number of likely N-dealkylation sites (N-methyl/N-ethyl adjacent to an activating group) is 1. The van der Waals surface area contributed by atoms with Crippen LogP contribution in [0, 0.1) is 11.6 Å². The van der Waals surface area contributed by atoms with Crippen LogP contribution in [0.25, 0.3) is 0 Å². The fourth-order valence-corrected chi connectivity index (χ4v) is 4.89. The van der Waals surface area contributed by atoms with Gasteiger partial charge in [0, 0.05) is 50.3 Å². The number of hydrogen-bond acceptors (Lipinski definition) is 9. The molecule has 0 aliphatic carbocycles. The molecular weight excluding hydrogens is 520 g/mol.